The maximum atomic E-state index is 3.57. The van der Waals surface area contributed by atoms with Crippen LogP contribution in [0.2, 0.25) is 0 Å². The van der Waals surface area contributed by atoms with Crippen LogP contribution in [0.4, 0.5) is 0 Å². The predicted octanol–water partition coefficient (Wildman–Crippen LogP) is 2.32. The van der Waals surface area contributed by atoms with Crippen molar-refractivity contribution in [3.05, 3.63) is 22.4 Å². The van der Waals surface area contributed by atoms with E-state index in [0.29, 0.717) is 11.6 Å². The minimum Gasteiger partial charge on any atom is -0.310 e. The average molecular weight is 224 g/mol. The molecule has 1 atom stereocenters. The van der Waals surface area contributed by atoms with Crippen LogP contribution in [0.25, 0.3) is 0 Å². The molecule has 1 aromatic heterocycles. The molecule has 1 N–H and O–H groups in total. The Morgan fingerprint density at radius 3 is 2.93 bits per heavy atom. The lowest BCUT2D eigenvalue weighted by atomic mass is 10.0. The standard InChI is InChI=1S/C12H20N2S/c1-12(2)7-10(8-13-12)14(3)9-11-5-4-6-15-11/h4-6,10,13H,7-9H2,1-3H3. The summed E-state index contributed by atoms with van der Waals surface area (Å²) in [6.07, 6.45) is 1.24. The summed E-state index contributed by atoms with van der Waals surface area (Å²) in [4.78, 5) is 3.93. The smallest absolute Gasteiger partial charge is 0.0328 e. The maximum Gasteiger partial charge on any atom is 0.0328 e. The first-order chi connectivity index (χ1) is 7.07. The molecule has 1 aromatic rings. The highest BCUT2D eigenvalue weighted by Crippen LogP contribution is 2.23. The Morgan fingerprint density at radius 2 is 2.40 bits per heavy atom. The summed E-state index contributed by atoms with van der Waals surface area (Å²) in [6.45, 7) is 6.77. The van der Waals surface area contributed by atoms with Gasteiger partial charge in [0, 0.05) is 29.5 Å². The number of thiophene rings is 1. The zero-order valence-corrected chi connectivity index (χ0v) is 10.6. The summed E-state index contributed by atoms with van der Waals surface area (Å²) in [6, 6.07) is 5.03. The lowest BCUT2D eigenvalue weighted by molar-refractivity contribution is 0.242. The average Bonchev–Trinajstić information content (AvgIpc) is 2.74. The fourth-order valence-corrected chi connectivity index (χ4v) is 2.98. The molecular weight excluding hydrogens is 204 g/mol. The maximum absolute atomic E-state index is 3.57. The molecule has 1 unspecified atom stereocenters. The van der Waals surface area contributed by atoms with Crippen LogP contribution < -0.4 is 5.32 Å². The second-order valence-corrected chi connectivity index (χ2v) is 6.15. The van der Waals surface area contributed by atoms with Gasteiger partial charge in [-0.05, 0) is 38.8 Å². The van der Waals surface area contributed by atoms with Crippen LogP contribution in [0.5, 0.6) is 0 Å². The van der Waals surface area contributed by atoms with Gasteiger partial charge < -0.3 is 5.32 Å². The van der Waals surface area contributed by atoms with Gasteiger partial charge in [0.15, 0.2) is 0 Å². The van der Waals surface area contributed by atoms with E-state index in [1.54, 1.807) is 0 Å². The predicted molar refractivity (Wildman–Crippen MR) is 66.3 cm³/mol. The molecule has 1 aliphatic heterocycles. The molecule has 0 spiro atoms. The van der Waals surface area contributed by atoms with Crippen molar-refractivity contribution in [1.29, 1.82) is 0 Å². The second kappa shape index (κ2) is 4.24. The molecule has 1 aliphatic rings. The number of hydrogen-bond donors (Lipinski definition) is 1. The summed E-state index contributed by atoms with van der Waals surface area (Å²) in [5.41, 5.74) is 0.314. The van der Waals surface area contributed by atoms with Crippen LogP contribution >= 0.6 is 11.3 Å². The van der Waals surface area contributed by atoms with E-state index >= 15 is 0 Å². The van der Waals surface area contributed by atoms with Gasteiger partial charge in [-0.2, -0.15) is 0 Å². The first-order valence-electron chi connectivity index (χ1n) is 5.54. The second-order valence-electron chi connectivity index (χ2n) is 5.12. The molecule has 2 heterocycles. The van der Waals surface area contributed by atoms with Crippen LogP contribution in [0, 0.1) is 0 Å². The highest BCUT2D eigenvalue weighted by atomic mass is 32.1. The molecule has 0 saturated carbocycles. The number of rotatable bonds is 3. The van der Waals surface area contributed by atoms with Gasteiger partial charge in [0.2, 0.25) is 0 Å². The molecule has 0 amide bonds. The van der Waals surface area contributed by atoms with Crippen molar-refractivity contribution in [1.82, 2.24) is 10.2 Å². The Bertz CT molecular complexity index is 305. The Hall–Kier alpha value is -0.380. The molecule has 1 fully saturated rings. The van der Waals surface area contributed by atoms with E-state index in [-0.39, 0.29) is 0 Å². The van der Waals surface area contributed by atoms with Gasteiger partial charge in [-0.15, -0.1) is 11.3 Å². The minimum absolute atomic E-state index is 0.314. The zero-order valence-electron chi connectivity index (χ0n) is 9.79. The Morgan fingerprint density at radius 1 is 1.60 bits per heavy atom. The van der Waals surface area contributed by atoms with Gasteiger partial charge in [-0.25, -0.2) is 0 Å². The molecular formula is C12H20N2S. The number of nitrogens with one attached hydrogen (secondary N) is 1. The van der Waals surface area contributed by atoms with Gasteiger partial charge >= 0.3 is 0 Å². The topological polar surface area (TPSA) is 15.3 Å². The van der Waals surface area contributed by atoms with Gasteiger partial charge in [0.1, 0.15) is 0 Å². The van der Waals surface area contributed by atoms with Crippen LogP contribution in [-0.2, 0) is 6.54 Å². The van der Waals surface area contributed by atoms with Crippen molar-refractivity contribution in [2.75, 3.05) is 13.6 Å². The van der Waals surface area contributed by atoms with E-state index in [0.717, 1.165) is 13.1 Å². The number of nitrogens with zero attached hydrogens (tertiary/aromatic N) is 1. The van der Waals surface area contributed by atoms with Crippen molar-refractivity contribution in [3.63, 3.8) is 0 Å². The van der Waals surface area contributed by atoms with Crippen molar-refractivity contribution in [3.8, 4) is 0 Å². The monoisotopic (exact) mass is 224 g/mol. The third-order valence-corrected chi connectivity index (χ3v) is 4.03. The SMILES string of the molecule is CN(Cc1cccs1)C1CNC(C)(C)C1. The van der Waals surface area contributed by atoms with Crippen molar-refractivity contribution >= 4 is 11.3 Å². The zero-order chi connectivity index (χ0) is 10.9. The molecule has 2 rings (SSSR count). The molecule has 3 heteroatoms. The van der Waals surface area contributed by atoms with Gasteiger partial charge in [0.05, 0.1) is 0 Å². The van der Waals surface area contributed by atoms with E-state index in [1.165, 1.54) is 11.3 Å². The Labute approximate surface area is 96.3 Å². The van der Waals surface area contributed by atoms with Crippen LogP contribution in [0.3, 0.4) is 0 Å². The summed E-state index contributed by atoms with van der Waals surface area (Å²) in [5, 5.41) is 5.72. The molecule has 1 saturated heterocycles. The van der Waals surface area contributed by atoms with Gasteiger partial charge in [-0.1, -0.05) is 6.07 Å². The van der Waals surface area contributed by atoms with E-state index < -0.39 is 0 Å². The summed E-state index contributed by atoms with van der Waals surface area (Å²) in [7, 11) is 2.23. The molecule has 2 nitrogen and oxygen atoms in total. The number of hydrogen-bond acceptors (Lipinski definition) is 3. The minimum atomic E-state index is 0.314. The van der Waals surface area contributed by atoms with E-state index in [9.17, 15) is 0 Å². The van der Waals surface area contributed by atoms with E-state index in [1.807, 2.05) is 11.3 Å². The fourth-order valence-electron chi connectivity index (χ4n) is 2.22. The molecule has 84 valence electrons. The molecule has 0 radical (unpaired) electrons. The largest absolute Gasteiger partial charge is 0.310 e. The van der Waals surface area contributed by atoms with E-state index in [2.05, 4.69) is 48.6 Å². The van der Waals surface area contributed by atoms with Gasteiger partial charge in [-0.3, -0.25) is 4.90 Å². The molecule has 0 aromatic carbocycles. The van der Waals surface area contributed by atoms with Crippen LogP contribution in [0.1, 0.15) is 25.1 Å². The summed E-state index contributed by atoms with van der Waals surface area (Å²) >= 11 is 1.85. The molecule has 15 heavy (non-hydrogen) atoms. The number of likely N-dealkylation sites (N-methyl/N-ethyl adjacent to an activating group) is 1. The summed E-state index contributed by atoms with van der Waals surface area (Å²) in [5.74, 6) is 0. The quantitative estimate of drug-likeness (QED) is 0.847. The first-order valence-corrected chi connectivity index (χ1v) is 6.42. The lowest BCUT2D eigenvalue weighted by Gasteiger charge is -2.24. The Kier molecular flexibility index (Phi) is 3.14. The van der Waals surface area contributed by atoms with Gasteiger partial charge in [0.25, 0.3) is 0 Å². The van der Waals surface area contributed by atoms with Crippen LogP contribution in [0.15, 0.2) is 17.5 Å². The van der Waals surface area contributed by atoms with Crippen molar-refractivity contribution < 1.29 is 0 Å². The van der Waals surface area contributed by atoms with Crippen molar-refractivity contribution in [2.45, 2.75) is 38.4 Å². The summed E-state index contributed by atoms with van der Waals surface area (Å²) < 4.78 is 0. The first kappa shape index (κ1) is 11.1. The molecule has 0 bridgehead atoms. The lowest BCUT2D eigenvalue weighted by Crippen LogP contribution is -2.32. The third kappa shape index (κ3) is 2.80. The molecule has 0 aliphatic carbocycles. The Balaban J connectivity index is 1.90. The highest BCUT2D eigenvalue weighted by molar-refractivity contribution is 7.09. The third-order valence-electron chi connectivity index (χ3n) is 3.17. The van der Waals surface area contributed by atoms with Crippen LogP contribution in [-0.4, -0.2) is 30.1 Å². The normalized spacial score (nSPS) is 24.9. The van der Waals surface area contributed by atoms with E-state index in [4.69, 9.17) is 0 Å². The van der Waals surface area contributed by atoms with Crippen molar-refractivity contribution in [2.24, 2.45) is 0 Å². The fraction of sp³-hybridized carbons (Fsp3) is 0.667. The highest BCUT2D eigenvalue weighted by Gasteiger charge is 2.32.